The molecule has 4 heteroatoms. The van der Waals surface area contributed by atoms with Crippen LogP contribution in [0.15, 0.2) is 0 Å². The summed E-state index contributed by atoms with van der Waals surface area (Å²) in [4.78, 5) is 25.3. The van der Waals surface area contributed by atoms with Crippen molar-refractivity contribution in [2.24, 2.45) is 5.92 Å². The van der Waals surface area contributed by atoms with Crippen molar-refractivity contribution >= 4 is 11.9 Å². The van der Waals surface area contributed by atoms with Gasteiger partial charge in [0.2, 0.25) is 5.91 Å². The molecule has 0 bridgehead atoms. The second-order valence-electron chi connectivity index (χ2n) is 5.01. The van der Waals surface area contributed by atoms with Gasteiger partial charge in [-0.25, -0.2) is 0 Å². The average molecular weight is 255 g/mol. The topological polar surface area (TPSA) is 46.6 Å². The van der Waals surface area contributed by atoms with E-state index in [0.717, 1.165) is 32.2 Å². The van der Waals surface area contributed by atoms with Crippen LogP contribution < -0.4 is 0 Å². The molecule has 0 aromatic carbocycles. The zero-order valence-corrected chi connectivity index (χ0v) is 11.6. The molecule has 0 spiro atoms. The minimum absolute atomic E-state index is 0.122. The number of ether oxygens (including phenoxy) is 1. The SMILES string of the molecule is CCCCCCC(=O)N1CCCC(C(=O)OC)C1. The number of unbranched alkanes of at least 4 members (excludes halogenated alkanes) is 3. The molecule has 1 heterocycles. The lowest BCUT2D eigenvalue weighted by atomic mass is 9.97. The van der Waals surface area contributed by atoms with Crippen LogP contribution in [0.4, 0.5) is 0 Å². The number of amides is 1. The predicted molar refractivity (Wildman–Crippen MR) is 70.1 cm³/mol. The van der Waals surface area contributed by atoms with E-state index in [9.17, 15) is 9.59 Å². The lowest BCUT2D eigenvalue weighted by Crippen LogP contribution is -2.42. The fourth-order valence-electron chi connectivity index (χ4n) is 2.42. The fraction of sp³-hybridized carbons (Fsp3) is 0.857. The van der Waals surface area contributed by atoms with Crippen LogP contribution in [0.5, 0.6) is 0 Å². The smallest absolute Gasteiger partial charge is 0.310 e. The first-order valence-electron chi connectivity index (χ1n) is 7.04. The zero-order valence-electron chi connectivity index (χ0n) is 11.6. The number of esters is 1. The van der Waals surface area contributed by atoms with Gasteiger partial charge in [0.25, 0.3) is 0 Å². The van der Waals surface area contributed by atoms with Crippen molar-refractivity contribution in [1.29, 1.82) is 0 Å². The third-order valence-corrected chi connectivity index (χ3v) is 3.55. The molecule has 1 aliphatic heterocycles. The Labute approximate surface area is 110 Å². The number of methoxy groups -OCH3 is 1. The lowest BCUT2D eigenvalue weighted by Gasteiger charge is -2.31. The molecule has 0 saturated carbocycles. The number of likely N-dealkylation sites (tertiary alicyclic amines) is 1. The molecule has 1 atom stereocenters. The molecule has 0 radical (unpaired) electrons. The molecule has 1 rings (SSSR count). The molecule has 18 heavy (non-hydrogen) atoms. The zero-order chi connectivity index (χ0) is 13.4. The summed E-state index contributed by atoms with van der Waals surface area (Å²) >= 11 is 0. The molecule has 0 aromatic rings. The predicted octanol–water partition coefficient (Wildman–Crippen LogP) is 2.37. The minimum atomic E-state index is -0.182. The van der Waals surface area contributed by atoms with Crippen LogP contribution in [0.3, 0.4) is 0 Å². The largest absolute Gasteiger partial charge is 0.469 e. The number of hydrogen-bond acceptors (Lipinski definition) is 3. The maximum absolute atomic E-state index is 12.0. The van der Waals surface area contributed by atoms with Crippen LogP contribution in [-0.4, -0.2) is 37.0 Å². The van der Waals surface area contributed by atoms with E-state index in [1.807, 2.05) is 4.90 Å². The summed E-state index contributed by atoms with van der Waals surface area (Å²) in [6, 6.07) is 0. The first-order valence-corrected chi connectivity index (χ1v) is 7.04. The van der Waals surface area contributed by atoms with Gasteiger partial charge in [-0.1, -0.05) is 26.2 Å². The van der Waals surface area contributed by atoms with Crippen molar-refractivity contribution in [1.82, 2.24) is 4.90 Å². The van der Waals surface area contributed by atoms with E-state index in [4.69, 9.17) is 4.74 Å². The van der Waals surface area contributed by atoms with E-state index in [0.29, 0.717) is 13.0 Å². The van der Waals surface area contributed by atoms with Gasteiger partial charge in [-0.15, -0.1) is 0 Å². The van der Waals surface area contributed by atoms with Gasteiger partial charge in [0.05, 0.1) is 13.0 Å². The Hall–Kier alpha value is -1.06. The lowest BCUT2D eigenvalue weighted by molar-refractivity contribution is -0.149. The molecule has 104 valence electrons. The normalized spacial score (nSPS) is 19.7. The van der Waals surface area contributed by atoms with Crippen molar-refractivity contribution in [3.8, 4) is 0 Å². The minimum Gasteiger partial charge on any atom is -0.469 e. The van der Waals surface area contributed by atoms with Gasteiger partial charge >= 0.3 is 5.97 Å². The molecule has 1 amide bonds. The highest BCUT2D eigenvalue weighted by atomic mass is 16.5. The number of carbonyl (C=O) groups is 2. The van der Waals surface area contributed by atoms with Crippen molar-refractivity contribution in [2.45, 2.75) is 51.9 Å². The molecular formula is C14H25NO3. The summed E-state index contributed by atoms with van der Waals surface area (Å²) in [6.07, 6.45) is 6.82. The first kappa shape index (κ1) is 15.0. The molecule has 0 aromatic heterocycles. The van der Waals surface area contributed by atoms with Crippen molar-refractivity contribution in [3.63, 3.8) is 0 Å². The van der Waals surface area contributed by atoms with Gasteiger partial charge in [-0.3, -0.25) is 9.59 Å². The van der Waals surface area contributed by atoms with Gasteiger partial charge in [-0.05, 0) is 19.3 Å². The molecule has 0 aliphatic carbocycles. The molecule has 1 aliphatic rings. The van der Waals surface area contributed by atoms with Crippen molar-refractivity contribution in [3.05, 3.63) is 0 Å². The summed E-state index contributed by atoms with van der Waals surface area (Å²) in [5.41, 5.74) is 0. The number of nitrogens with zero attached hydrogens (tertiary/aromatic N) is 1. The van der Waals surface area contributed by atoms with Crippen molar-refractivity contribution < 1.29 is 14.3 Å². The number of hydrogen-bond donors (Lipinski definition) is 0. The van der Waals surface area contributed by atoms with Crippen LogP contribution in [0.1, 0.15) is 51.9 Å². The number of rotatable bonds is 6. The Morgan fingerprint density at radius 2 is 2.06 bits per heavy atom. The highest BCUT2D eigenvalue weighted by Crippen LogP contribution is 2.19. The van der Waals surface area contributed by atoms with Crippen LogP contribution >= 0.6 is 0 Å². The monoisotopic (exact) mass is 255 g/mol. The van der Waals surface area contributed by atoms with E-state index in [-0.39, 0.29) is 17.8 Å². The highest BCUT2D eigenvalue weighted by Gasteiger charge is 2.28. The van der Waals surface area contributed by atoms with Gasteiger partial charge < -0.3 is 9.64 Å². The van der Waals surface area contributed by atoms with Gasteiger partial charge in [0.15, 0.2) is 0 Å². The summed E-state index contributed by atoms with van der Waals surface area (Å²) < 4.78 is 4.75. The van der Waals surface area contributed by atoms with Crippen LogP contribution in [0.25, 0.3) is 0 Å². The molecule has 0 N–H and O–H groups in total. The Balaban J connectivity index is 2.31. The van der Waals surface area contributed by atoms with E-state index in [1.54, 1.807) is 0 Å². The van der Waals surface area contributed by atoms with E-state index in [2.05, 4.69) is 6.92 Å². The van der Waals surface area contributed by atoms with Gasteiger partial charge in [0.1, 0.15) is 0 Å². The molecule has 1 unspecified atom stereocenters. The van der Waals surface area contributed by atoms with Gasteiger partial charge in [0, 0.05) is 19.5 Å². The van der Waals surface area contributed by atoms with E-state index >= 15 is 0 Å². The van der Waals surface area contributed by atoms with E-state index in [1.165, 1.54) is 20.0 Å². The second kappa shape index (κ2) is 8.11. The Morgan fingerprint density at radius 1 is 1.28 bits per heavy atom. The van der Waals surface area contributed by atoms with E-state index < -0.39 is 0 Å². The van der Waals surface area contributed by atoms with Gasteiger partial charge in [-0.2, -0.15) is 0 Å². The summed E-state index contributed by atoms with van der Waals surface area (Å²) in [6.45, 7) is 3.49. The summed E-state index contributed by atoms with van der Waals surface area (Å²) in [5, 5.41) is 0. The maximum Gasteiger partial charge on any atom is 0.310 e. The van der Waals surface area contributed by atoms with Crippen molar-refractivity contribution in [2.75, 3.05) is 20.2 Å². The summed E-state index contributed by atoms with van der Waals surface area (Å²) in [7, 11) is 1.41. The van der Waals surface area contributed by atoms with Crippen LogP contribution in [-0.2, 0) is 14.3 Å². The summed E-state index contributed by atoms with van der Waals surface area (Å²) in [5.74, 6) is -0.110. The average Bonchev–Trinajstić information content (AvgIpc) is 2.42. The van der Waals surface area contributed by atoms with Crippen LogP contribution in [0, 0.1) is 5.92 Å². The number of carbonyl (C=O) groups excluding carboxylic acids is 2. The maximum atomic E-state index is 12.0. The third kappa shape index (κ3) is 4.67. The second-order valence-corrected chi connectivity index (χ2v) is 5.01. The first-order chi connectivity index (χ1) is 8.69. The van der Waals surface area contributed by atoms with Crippen LogP contribution in [0.2, 0.25) is 0 Å². The number of piperidine rings is 1. The molecule has 1 saturated heterocycles. The quantitative estimate of drug-likeness (QED) is 0.540. The Kier molecular flexibility index (Phi) is 6.76. The third-order valence-electron chi connectivity index (χ3n) is 3.55. The molecule has 4 nitrogen and oxygen atoms in total. The Morgan fingerprint density at radius 3 is 2.72 bits per heavy atom. The fourth-order valence-corrected chi connectivity index (χ4v) is 2.42. The Bertz CT molecular complexity index is 278. The highest BCUT2D eigenvalue weighted by molar-refractivity contribution is 5.78. The standard InChI is InChI=1S/C14H25NO3/c1-3-4-5-6-9-13(16)15-10-7-8-12(11-15)14(17)18-2/h12H,3-11H2,1-2H3. The molecular weight excluding hydrogens is 230 g/mol. The molecule has 1 fully saturated rings.